The Kier molecular flexibility index (Phi) is 4.53. The van der Waals surface area contributed by atoms with Crippen LogP contribution in [0.15, 0.2) is 12.1 Å². The van der Waals surface area contributed by atoms with E-state index in [0.717, 1.165) is 9.21 Å². The normalized spacial score (nSPS) is 13.1. The Morgan fingerprint density at radius 2 is 2.33 bits per heavy atom. The van der Waals surface area contributed by atoms with E-state index in [2.05, 4.69) is 0 Å². The highest BCUT2D eigenvalue weighted by molar-refractivity contribution is 7.16. The molecule has 15 heavy (non-hydrogen) atoms. The van der Waals surface area contributed by atoms with E-state index in [9.17, 15) is 4.79 Å². The number of likely N-dealkylation sites (N-methyl/N-ethyl adjacent to an activating group) is 1. The molecule has 0 fully saturated rings. The average molecular weight is 248 g/mol. The number of hydrogen-bond acceptors (Lipinski definition) is 4. The van der Waals surface area contributed by atoms with Gasteiger partial charge in [0.25, 0.3) is 0 Å². The van der Waals surface area contributed by atoms with E-state index in [1.807, 2.05) is 24.1 Å². The van der Waals surface area contributed by atoms with Crippen LogP contribution in [0.1, 0.15) is 10.9 Å². The van der Waals surface area contributed by atoms with Crippen LogP contribution in [0.2, 0.25) is 4.34 Å². The monoisotopic (exact) mass is 247 g/mol. The molecule has 0 saturated carbocycles. The smallest absolute Gasteiger partial charge is 0.231 e. The number of rotatable bonds is 5. The van der Waals surface area contributed by atoms with Gasteiger partial charge in [0.2, 0.25) is 5.91 Å². The third-order valence-corrected chi connectivity index (χ3v) is 3.42. The summed E-state index contributed by atoms with van der Waals surface area (Å²) in [6.07, 6.45) is 0. The van der Waals surface area contributed by atoms with Crippen LogP contribution in [0, 0.1) is 0 Å². The number of nitrogens with two attached hydrogens (primary N) is 2. The molecule has 0 aliphatic carbocycles. The maximum absolute atomic E-state index is 10.8. The third kappa shape index (κ3) is 3.46. The van der Waals surface area contributed by atoms with Crippen LogP contribution >= 0.6 is 22.9 Å². The lowest BCUT2D eigenvalue weighted by molar-refractivity contribution is -0.119. The molecule has 0 spiro atoms. The van der Waals surface area contributed by atoms with Gasteiger partial charge in [-0.2, -0.15) is 0 Å². The zero-order valence-corrected chi connectivity index (χ0v) is 10.0. The largest absolute Gasteiger partial charge is 0.369 e. The summed E-state index contributed by atoms with van der Waals surface area (Å²) in [6, 6.07) is 3.74. The Bertz CT molecular complexity index is 342. The summed E-state index contributed by atoms with van der Waals surface area (Å²) in [4.78, 5) is 13.7. The Morgan fingerprint density at radius 1 is 1.67 bits per heavy atom. The van der Waals surface area contributed by atoms with E-state index < -0.39 is 0 Å². The van der Waals surface area contributed by atoms with Crippen molar-refractivity contribution in [3.63, 3.8) is 0 Å². The van der Waals surface area contributed by atoms with Gasteiger partial charge in [-0.1, -0.05) is 11.6 Å². The van der Waals surface area contributed by atoms with Crippen LogP contribution in [-0.4, -0.2) is 30.9 Å². The van der Waals surface area contributed by atoms with Crippen molar-refractivity contribution in [2.75, 3.05) is 20.1 Å². The van der Waals surface area contributed by atoms with E-state index in [0.29, 0.717) is 6.54 Å². The van der Waals surface area contributed by atoms with E-state index in [1.165, 1.54) is 11.3 Å². The van der Waals surface area contributed by atoms with Gasteiger partial charge in [0.1, 0.15) is 0 Å². The fourth-order valence-corrected chi connectivity index (χ4v) is 2.62. The molecule has 1 rings (SSSR count). The second kappa shape index (κ2) is 5.46. The first-order chi connectivity index (χ1) is 7.04. The Balaban J connectivity index is 2.74. The summed E-state index contributed by atoms with van der Waals surface area (Å²) < 4.78 is 0.718. The SMILES string of the molecule is CN(CC(N)=O)C(CN)c1ccc(Cl)s1. The summed E-state index contributed by atoms with van der Waals surface area (Å²) in [5.41, 5.74) is 10.8. The van der Waals surface area contributed by atoms with Gasteiger partial charge in [0, 0.05) is 11.4 Å². The van der Waals surface area contributed by atoms with E-state index in [-0.39, 0.29) is 18.5 Å². The minimum absolute atomic E-state index is 0.00463. The van der Waals surface area contributed by atoms with Crippen molar-refractivity contribution in [3.05, 3.63) is 21.3 Å². The number of nitrogens with zero attached hydrogens (tertiary/aromatic N) is 1. The summed E-state index contributed by atoms with van der Waals surface area (Å²) >= 11 is 7.31. The minimum atomic E-state index is -0.362. The molecule has 1 atom stereocenters. The second-order valence-corrected chi connectivity index (χ2v) is 5.02. The molecule has 1 aromatic heterocycles. The number of hydrogen-bond donors (Lipinski definition) is 2. The first-order valence-corrected chi connectivity index (χ1v) is 5.68. The number of carbonyl (C=O) groups excluding carboxylic acids is 1. The van der Waals surface area contributed by atoms with E-state index in [4.69, 9.17) is 23.1 Å². The molecule has 1 heterocycles. The standard InChI is InChI=1S/C9H14ClN3OS/c1-13(5-9(12)14)6(4-11)7-2-3-8(10)15-7/h2-3,6H,4-5,11H2,1H3,(H2,12,14). The van der Waals surface area contributed by atoms with Gasteiger partial charge >= 0.3 is 0 Å². The molecular formula is C9H14ClN3OS. The quantitative estimate of drug-likeness (QED) is 0.809. The predicted molar refractivity (Wildman–Crippen MR) is 62.9 cm³/mol. The molecule has 0 aliphatic heterocycles. The first-order valence-electron chi connectivity index (χ1n) is 4.48. The van der Waals surface area contributed by atoms with Gasteiger partial charge in [-0.3, -0.25) is 9.69 Å². The van der Waals surface area contributed by atoms with Crippen molar-refractivity contribution in [2.24, 2.45) is 11.5 Å². The third-order valence-electron chi connectivity index (χ3n) is 2.08. The van der Waals surface area contributed by atoms with Gasteiger partial charge in [0.05, 0.1) is 16.9 Å². The Hall–Kier alpha value is -0.620. The summed E-state index contributed by atoms with van der Waals surface area (Å²) in [5.74, 6) is -0.362. The average Bonchev–Trinajstić information content (AvgIpc) is 2.51. The van der Waals surface area contributed by atoms with Crippen LogP contribution < -0.4 is 11.5 Å². The summed E-state index contributed by atoms with van der Waals surface area (Å²) in [6.45, 7) is 0.623. The van der Waals surface area contributed by atoms with Crippen LogP contribution in [0.25, 0.3) is 0 Å². The van der Waals surface area contributed by atoms with Crippen LogP contribution in [0.4, 0.5) is 0 Å². The molecule has 4 N–H and O–H groups in total. The lowest BCUT2D eigenvalue weighted by Crippen LogP contribution is -2.36. The van der Waals surface area contributed by atoms with Gasteiger partial charge in [-0.05, 0) is 19.2 Å². The number of carbonyl (C=O) groups is 1. The van der Waals surface area contributed by atoms with Gasteiger partial charge < -0.3 is 11.5 Å². The fraction of sp³-hybridized carbons (Fsp3) is 0.444. The zero-order valence-electron chi connectivity index (χ0n) is 8.44. The van der Waals surface area contributed by atoms with E-state index >= 15 is 0 Å². The van der Waals surface area contributed by atoms with Crippen molar-refractivity contribution in [2.45, 2.75) is 6.04 Å². The molecule has 0 aliphatic rings. The topological polar surface area (TPSA) is 72.3 Å². The first kappa shape index (κ1) is 12.4. The molecule has 1 amide bonds. The molecule has 1 unspecified atom stereocenters. The number of primary amides is 1. The van der Waals surface area contributed by atoms with Crippen molar-refractivity contribution in [3.8, 4) is 0 Å². The van der Waals surface area contributed by atoms with Crippen LogP contribution in [0.3, 0.4) is 0 Å². The zero-order chi connectivity index (χ0) is 11.4. The van der Waals surface area contributed by atoms with Crippen molar-refractivity contribution in [1.82, 2.24) is 4.90 Å². The van der Waals surface area contributed by atoms with Crippen molar-refractivity contribution >= 4 is 28.8 Å². The fourth-order valence-electron chi connectivity index (χ4n) is 1.38. The number of halogens is 1. The highest BCUT2D eigenvalue weighted by Crippen LogP contribution is 2.29. The Labute approximate surface area is 97.8 Å². The Morgan fingerprint density at radius 3 is 2.73 bits per heavy atom. The highest BCUT2D eigenvalue weighted by Gasteiger charge is 2.18. The lowest BCUT2D eigenvalue weighted by Gasteiger charge is -2.24. The van der Waals surface area contributed by atoms with Crippen LogP contribution in [0.5, 0.6) is 0 Å². The molecule has 1 aromatic rings. The molecule has 84 valence electrons. The summed E-state index contributed by atoms with van der Waals surface area (Å²) in [7, 11) is 1.82. The molecular weight excluding hydrogens is 234 g/mol. The number of thiophene rings is 1. The van der Waals surface area contributed by atoms with Gasteiger partial charge in [-0.25, -0.2) is 0 Å². The molecule has 0 radical (unpaired) electrons. The van der Waals surface area contributed by atoms with Crippen LogP contribution in [-0.2, 0) is 4.79 Å². The van der Waals surface area contributed by atoms with Crippen molar-refractivity contribution in [1.29, 1.82) is 0 Å². The summed E-state index contributed by atoms with van der Waals surface area (Å²) in [5, 5.41) is 0. The molecule has 0 bridgehead atoms. The molecule has 6 heteroatoms. The maximum atomic E-state index is 10.8. The van der Waals surface area contributed by atoms with E-state index in [1.54, 1.807) is 0 Å². The molecule has 0 aromatic carbocycles. The lowest BCUT2D eigenvalue weighted by atomic mass is 10.2. The number of amides is 1. The highest BCUT2D eigenvalue weighted by atomic mass is 35.5. The maximum Gasteiger partial charge on any atom is 0.231 e. The van der Waals surface area contributed by atoms with Gasteiger partial charge in [0.15, 0.2) is 0 Å². The van der Waals surface area contributed by atoms with Crippen molar-refractivity contribution < 1.29 is 4.79 Å². The molecule has 4 nitrogen and oxygen atoms in total. The predicted octanol–water partition coefficient (Wildman–Crippen LogP) is 0.818. The van der Waals surface area contributed by atoms with Gasteiger partial charge in [-0.15, -0.1) is 11.3 Å². The molecule has 0 saturated heterocycles. The second-order valence-electron chi connectivity index (χ2n) is 3.27. The minimum Gasteiger partial charge on any atom is -0.369 e.